The molecule has 0 spiro atoms. The molecule has 0 radical (unpaired) electrons. The van der Waals surface area contributed by atoms with Crippen molar-refractivity contribution in [1.29, 1.82) is 0 Å². The van der Waals surface area contributed by atoms with Crippen LogP contribution >= 0.6 is 0 Å². The molecule has 8 nitrogen and oxygen atoms in total. The maximum absolute atomic E-state index is 12.0. The van der Waals surface area contributed by atoms with E-state index in [0.717, 1.165) is 6.07 Å². The van der Waals surface area contributed by atoms with E-state index < -0.39 is 16.7 Å². The fraction of sp³-hybridized carbons (Fsp3) is 0.500. The van der Waals surface area contributed by atoms with E-state index in [4.69, 9.17) is 4.42 Å². The standard InChI is InChI=1S/C12H17N3O5/c1-4-14(5-2)10(16)8-13(3)12(17)9-6-7-11(20-9)15(18)19/h6-7H,4-5,8H2,1-3H3. The van der Waals surface area contributed by atoms with Gasteiger partial charge >= 0.3 is 5.88 Å². The van der Waals surface area contributed by atoms with Crippen molar-refractivity contribution in [2.75, 3.05) is 26.7 Å². The van der Waals surface area contributed by atoms with Gasteiger partial charge in [0, 0.05) is 20.1 Å². The normalized spacial score (nSPS) is 10.2. The third-order valence-corrected chi connectivity index (χ3v) is 2.82. The van der Waals surface area contributed by atoms with Gasteiger partial charge in [-0.1, -0.05) is 0 Å². The second-order valence-corrected chi connectivity index (χ2v) is 4.12. The van der Waals surface area contributed by atoms with Crippen LogP contribution in [-0.4, -0.2) is 53.2 Å². The van der Waals surface area contributed by atoms with Crippen LogP contribution in [0.15, 0.2) is 16.5 Å². The lowest BCUT2D eigenvalue weighted by molar-refractivity contribution is -0.402. The van der Waals surface area contributed by atoms with Gasteiger partial charge in [0.15, 0.2) is 5.76 Å². The zero-order valence-electron chi connectivity index (χ0n) is 11.7. The third-order valence-electron chi connectivity index (χ3n) is 2.82. The molecule has 0 saturated carbocycles. The van der Waals surface area contributed by atoms with Crippen LogP contribution in [0.2, 0.25) is 0 Å². The average Bonchev–Trinajstić information content (AvgIpc) is 2.88. The van der Waals surface area contributed by atoms with E-state index in [0.29, 0.717) is 13.1 Å². The molecule has 8 heteroatoms. The predicted octanol–water partition coefficient (Wildman–Crippen LogP) is 1.13. The highest BCUT2D eigenvalue weighted by Crippen LogP contribution is 2.16. The van der Waals surface area contributed by atoms with Gasteiger partial charge in [-0.3, -0.25) is 19.7 Å². The number of likely N-dealkylation sites (N-methyl/N-ethyl adjacent to an activating group) is 2. The third kappa shape index (κ3) is 3.56. The topological polar surface area (TPSA) is 96.9 Å². The Morgan fingerprint density at radius 2 is 1.90 bits per heavy atom. The van der Waals surface area contributed by atoms with Gasteiger partial charge in [0.1, 0.15) is 4.92 Å². The number of rotatable bonds is 6. The minimum absolute atomic E-state index is 0.102. The van der Waals surface area contributed by atoms with Crippen LogP contribution in [0.1, 0.15) is 24.4 Å². The first-order chi connectivity index (χ1) is 9.40. The maximum atomic E-state index is 12.0. The van der Waals surface area contributed by atoms with Crippen molar-refractivity contribution in [3.05, 3.63) is 28.0 Å². The number of amides is 2. The summed E-state index contributed by atoms with van der Waals surface area (Å²) in [6.45, 7) is 4.71. The molecule has 0 bridgehead atoms. The minimum atomic E-state index is -0.724. The van der Waals surface area contributed by atoms with Crippen LogP contribution < -0.4 is 0 Å². The average molecular weight is 283 g/mol. The van der Waals surface area contributed by atoms with Gasteiger partial charge < -0.3 is 14.2 Å². The second kappa shape index (κ2) is 6.69. The van der Waals surface area contributed by atoms with Crippen LogP contribution in [0.25, 0.3) is 0 Å². The Labute approximate surface area is 116 Å². The number of nitro groups is 1. The molecule has 0 aromatic carbocycles. The summed E-state index contributed by atoms with van der Waals surface area (Å²) in [5.41, 5.74) is 0. The highest BCUT2D eigenvalue weighted by Gasteiger charge is 2.22. The Balaban J connectivity index is 2.71. The van der Waals surface area contributed by atoms with Crippen molar-refractivity contribution in [3.8, 4) is 0 Å². The van der Waals surface area contributed by atoms with Gasteiger partial charge in [-0.15, -0.1) is 0 Å². The first kappa shape index (κ1) is 15.7. The molecule has 0 N–H and O–H groups in total. The van der Waals surface area contributed by atoms with Gasteiger partial charge in [-0.25, -0.2) is 0 Å². The summed E-state index contributed by atoms with van der Waals surface area (Å²) in [4.78, 5) is 36.3. The van der Waals surface area contributed by atoms with Crippen LogP contribution in [0.3, 0.4) is 0 Å². The predicted molar refractivity (Wildman–Crippen MR) is 70.3 cm³/mol. The summed E-state index contributed by atoms with van der Waals surface area (Å²) in [6.07, 6.45) is 0. The maximum Gasteiger partial charge on any atom is 0.433 e. The Morgan fingerprint density at radius 3 is 2.35 bits per heavy atom. The van der Waals surface area contributed by atoms with Crippen LogP contribution in [0.4, 0.5) is 5.88 Å². The molecule has 110 valence electrons. The number of nitrogens with zero attached hydrogens (tertiary/aromatic N) is 3. The number of hydrogen-bond donors (Lipinski definition) is 0. The number of hydrogen-bond acceptors (Lipinski definition) is 5. The fourth-order valence-corrected chi connectivity index (χ4v) is 1.68. The monoisotopic (exact) mass is 283 g/mol. The molecule has 1 rings (SSSR count). The van der Waals surface area contributed by atoms with E-state index in [2.05, 4.69) is 0 Å². The summed E-state index contributed by atoms with van der Waals surface area (Å²) in [6, 6.07) is 2.33. The zero-order chi connectivity index (χ0) is 15.3. The van der Waals surface area contributed by atoms with Crippen molar-refractivity contribution < 1.29 is 18.9 Å². The van der Waals surface area contributed by atoms with E-state index in [1.807, 2.05) is 13.8 Å². The number of furan rings is 1. The summed E-state index contributed by atoms with van der Waals surface area (Å²) in [7, 11) is 1.44. The van der Waals surface area contributed by atoms with Crippen LogP contribution in [-0.2, 0) is 4.79 Å². The smallest absolute Gasteiger partial charge is 0.395 e. The largest absolute Gasteiger partial charge is 0.433 e. The molecule has 0 aliphatic carbocycles. The SMILES string of the molecule is CCN(CC)C(=O)CN(C)C(=O)c1ccc([N+](=O)[O-])o1. The molecule has 0 saturated heterocycles. The molecule has 0 fully saturated rings. The highest BCUT2D eigenvalue weighted by molar-refractivity contribution is 5.94. The molecule has 1 aromatic heterocycles. The first-order valence-corrected chi connectivity index (χ1v) is 6.18. The first-order valence-electron chi connectivity index (χ1n) is 6.18. The van der Waals surface area contributed by atoms with E-state index in [9.17, 15) is 19.7 Å². The van der Waals surface area contributed by atoms with Crippen molar-refractivity contribution in [2.24, 2.45) is 0 Å². The van der Waals surface area contributed by atoms with Crippen LogP contribution in [0, 0.1) is 10.1 Å². The van der Waals surface area contributed by atoms with Gasteiger partial charge in [-0.05, 0) is 19.9 Å². The van der Waals surface area contributed by atoms with Gasteiger partial charge in [0.2, 0.25) is 5.91 Å². The number of carbonyl (C=O) groups excluding carboxylic acids is 2. The van der Waals surface area contributed by atoms with Crippen LogP contribution in [0.5, 0.6) is 0 Å². The van der Waals surface area contributed by atoms with E-state index in [1.165, 1.54) is 18.0 Å². The van der Waals surface area contributed by atoms with Crippen molar-refractivity contribution in [2.45, 2.75) is 13.8 Å². The molecule has 0 aliphatic heterocycles. The van der Waals surface area contributed by atoms with E-state index >= 15 is 0 Å². The minimum Gasteiger partial charge on any atom is -0.395 e. The molecule has 1 heterocycles. The second-order valence-electron chi connectivity index (χ2n) is 4.12. The van der Waals surface area contributed by atoms with Crippen molar-refractivity contribution in [1.82, 2.24) is 9.80 Å². The fourth-order valence-electron chi connectivity index (χ4n) is 1.68. The Hall–Kier alpha value is -2.38. The Morgan fingerprint density at radius 1 is 1.30 bits per heavy atom. The molecule has 0 unspecified atom stereocenters. The molecule has 20 heavy (non-hydrogen) atoms. The Bertz CT molecular complexity index is 507. The van der Waals surface area contributed by atoms with E-state index in [-0.39, 0.29) is 18.2 Å². The summed E-state index contributed by atoms with van der Waals surface area (Å²) >= 11 is 0. The lowest BCUT2D eigenvalue weighted by Crippen LogP contribution is -2.40. The lowest BCUT2D eigenvalue weighted by atomic mass is 10.3. The lowest BCUT2D eigenvalue weighted by Gasteiger charge is -2.22. The Kier molecular flexibility index (Phi) is 5.24. The zero-order valence-corrected chi connectivity index (χ0v) is 11.7. The quantitative estimate of drug-likeness (QED) is 0.576. The summed E-state index contributed by atoms with van der Waals surface area (Å²) < 4.78 is 4.81. The molecular formula is C12H17N3O5. The molecule has 0 atom stereocenters. The molecule has 2 amide bonds. The summed E-state index contributed by atoms with van der Waals surface area (Å²) in [5.74, 6) is -1.42. The molecular weight excluding hydrogens is 266 g/mol. The van der Waals surface area contributed by atoms with Crippen molar-refractivity contribution >= 4 is 17.7 Å². The summed E-state index contributed by atoms with van der Waals surface area (Å²) in [5, 5.41) is 10.5. The molecule has 1 aromatic rings. The number of carbonyl (C=O) groups is 2. The van der Waals surface area contributed by atoms with E-state index in [1.54, 1.807) is 4.90 Å². The van der Waals surface area contributed by atoms with Crippen molar-refractivity contribution in [3.63, 3.8) is 0 Å². The highest BCUT2D eigenvalue weighted by atomic mass is 16.6. The van der Waals surface area contributed by atoms with Gasteiger partial charge in [0.25, 0.3) is 5.91 Å². The molecule has 0 aliphatic rings. The van der Waals surface area contributed by atoms with Gasteiger partial charge in [-0.2, -0.15) is 0 Å². The van der Waals surface area contributed by atoms with Gasteiger partial charge in [0.05, 0.1) is 12.6 Å².